The topological polar surface area (TPSA) is 63.7 Å². The molecule has 0 heterocycles. The summed E-state index contributed by atoms with van der Waals surface area (Å²) < 4.78 is 43.7. The summed E-state index contributed by atoms with van der Waals surface area (Å²) in [6.45, 7) is 7.16. The monoisotopic (exact) mass is 525 g/mol. The number of aryl methyl sites for hydroxylation is 1. The molecule has 0 unspecified atom stereocenters. The molecule has 0 radical (unpaired) electrons. The van der Waals surface area contributed by atoms with Crippen molar-refractivity contribution in [2.45, 2.75) is 64.3 Å². The number of rotatable bonds is 13. The van der Waals surface area contributed by atoms with Crippen molar-refractivity contribution < 1.29 is 21.8 Å². The van der Waals surface area contributed by atoms with Crippen LogP contribution in [0.15, 0.2) is 77.7 Å². The first-order valence-corrected chi connectivity index (χ1v) is 14.3. The number of halogens is 1. The van der Waals surface area contributed by atoms with Gasteiger partial charge in [-0.15, -0.1) is 0 Å². The van der Waals surface area contributed by atoms with Gasteiger partial charge in [0, 0.05) is 18.7 Å². The number of carbonyl (C=O) groups is 1. The quantitative estimate of drug-likeness (QED) is 0.178. The van der Waals surface area contributed by atoms with E-state index < -0.39 is 15.9 Å². The van der Waals surface area contributed by atoms with E-state index in [-0.39, 0.29) is 22.5 Å². The van der Waals surface area contributed by atoms with E-state index in [1.165, 1.54) is 24.8 Å². The first-order valence-electron chi connectivity index (χ1n) is 12.8. The van der Waals surface area contributed by atoms with Crippen LogP contribution in [0, 0.1) is 11.7 Å². The molecule has 3 rings (SSSR count). The lowest BCUT2D eigenvalue weighted by Gasteiger charge is -2.25. The van der Waals surface area contributed by atoms with Crippen molar-refractivity contribution in [3.05, 3.63) is 95.3 Å². The molecule has 0 spiro atoms. The van der Waals surface area contributed by atoms with Crippen LogP contribution in [0.25, 0.3) is 0 Å². The van der Waals surface area contributed by atoms with E-state index in [1.54, 1.807) is 23.1 Å². The SMILES string of the molecule is CCCCCCc1ccc(C(=O)N(Cc2cccc(OS(=O)(=O)c3ccc(F)cc3)c2)CC(C)C)cc1. The second-order valence-electron chi connectivity index (χ2n) is 9.73. The van der Waals surface area contributed by atoms with E-state index in [1.807, 2.05) is 30.3 Å². The summed E-state index contributed by atoms with van der Waals surface area (Å²) in [7, 11) is -4.12. The van der Waals surface area contributed by atoms with Crippen LogP contribution in [0.3, 0.4) is 0 Å². The lowest BCUT2D eigenvalue weighted by atomic mass is 10.0. The molecule has 37 heavy (non-hydrogen) atoms. The summed E-state index contributed by atoms with van der Waals surface area (Å²) in [4.78, 5) is 15.0. The van der Waals surface area contributed by atoms with Gasteiger partial charge in [-0.2, -0.15) is 8.42 Å². The average molecular weight is 526 g/mol. The van der Waals surface area contributed by atoms with Gasteiger partial charge in [-0.25, -0.2) is 4.39 Å². The zero-order chi connectivity index (χ0) is 26.8. The Kier molecular flexibility index (Phi) is 10.3. The minimum Gasteiger partial charge on any atom is -0.379 e. The Labute approximate surface area is 220 Å². The van der Waals surface area contributed by atoms with Crippen LogP contribution in [0.2, 0.25) is 0 Å². The summed E-state index contributed by atoms with van der Waals surface area (Å²) in [5, 5.41) is 0. The summed E-state index contributed by atoms with van der Waals surface area (Å²) in [5.74, 6) is -0.222. The molecule has 0 saturated carbocycles. The van der Waals surface area contributed by atoms with E-state index in [0.717, 1.165) is 42.7 Å². The van der Waals surface area contributed by atoms with E-state index in [9.17, 15) is 17.6 Å². The standard InChI is InChI=1S/C30H36FNO4S/c1-4-5-6-7-9-24-12-14-26(15-13-24)30(33)32(21-23(2)3)22-25-10-8-11-28(20-25)36-37(34,35)29-18-16-27(31)17-19-29/h8,10-20,23H,4-7,9,21-22H2,1-3H3. The van der Waals surface area contributed by atoms with Crippen molar-refractivity contribution in [1.82, 2.24) is 4.90 Å². The third-order valence-corrected chi connectivity index (χ3v) is 7.23. The Morgan fingerprint density at radius 1 is 0.919 bits per heavy atom. The fraction of sp³-hybridized carbons (Fsp3) is 0.367. The first kappa shape index (κ1) is 28.4. The smallest absolute Gasteiger partial charge is 0.339 e. The molecule has 0 atom stereocenters. The Balaban J connectivity index is 1.72. The molecule has 3 aromatic rings. The van der Waals surface area contributed by atoms with Crippen LogP contribution in [0.1, 0.15) is 67.9 Å². The molecule has 0 fully saturated rings. The van der Waals surface area contributed by atoms with Gasteiger partial charge in [0.15, 0.2) is 0 Å². The van der Waals surface area contributed by atoms with Gasteiger partial charge >= 0.3 is 10.1 Å². The van der Waals surface area contributed by atoms with Crippen LogP contribution < -0.4 is 4.18 Å². The van der Waals surface area contributed by atoms with Gasteiger partial charge in [0.05, 0.1) is 0 Å². The highest BCUT2D eigenvalue weighted by molar-refractivity contribution is 7.87. The predicted octanol–water partition coefficient (Wildman–Crippen LogP) is 7.01. The van der Waals surface area contributed by atoms with Crippen molar-refractivity contribution in [2.24, 2.45) is 5.92 Å². The van der Waals surface area contributed by atoms with Crippen LogP contribution in [0.4, 0.5) is 4.39 Å². The van der Waals surface area contributed by atoms with E-state index in [2.05, 4.69) is 20.8 Å². The van der Waals surface area contributed by atoms with Crippen LogP contribution in [-0.2, 0) is 23.1 Å². The van der Waals surface area contributed by atoms with Crippen molar-refractivity contribution in [3.63, 3.8) is 0 Å². The highest BCUT2D eigenvalue weighted by Crippen LogP contribution is 2.22. The summed E-state index contributed by atoms with van der Waals surface area (Å²) in [6.07, 6.45) is 5.82. The van der Waals surface area contributed by atoms with Crippen molar-refractivity contribution in [2.75, 3.05) is 6.54 Å². The molecule has 0 aliphatic heterocycles. The van der Waals surface area contributed by atoms with Gasteiger partial charge < -0.3 is 9.08 Å². The predicted molar refractivity (Wildman–Crippen MR) is 145 cm³/mol. The van der Waals surface area contributed by atoms with Gasteiger partial charge in [-0.3, -0.25) is 4.79 Å². The Morgan fingerprint density at radius 3 is 2.27 bits per heavy atom. The zero-order valence-electron chi connectivity index (χ0n) is 21.8. The van der Waals surface area contributed by atoms with Crippen LogP contribution >= 0.6 is 0 Å². The maximum atomic E-state index is 13.4. The average Bonchev–Trinajstić information content (AvgIpc) is 2.86. The minimum absolute atomic E-state index is 0.0727. The first-order chi connectivity index (χ1) is 17.7. The van der Waals surface area contributed by atoms with E-state index >= 15 is 0 Å². The molecule has 0 N–H and O–H groups in total. The van der Waals surface area contributed by atoms with Gasteiger partial charge in [0.25, 0.3) is 5.91 Å². The Bertz CT molecular complexity index is 1260. The van der Waals surface area contributed by atoms with Gasteiger partial charge in [0.2, 0.25) is 0 Å². The molecule has 3 aromatic carbocycles. The maximum Gasteiger partial charge on any atom is 0.339 e. The zero-order valence-corrected chi connectivity index (χ0v) is 22.6. The largest absolute Gasteiger partial charge is 0.379 e. The van der Waals surface area contributed by atoms with Crippen molar-refractivity contribution >= 4 is 16.0 Å². The molecule has 198 valence electrons. The highest BCUT2D eigenvalue weighted by atomic mass is 32.2. The second kappa shape index (κ2) is 13.4. The molecule has 0 aliphatic carbocycles. The fourth-order valence-corrected chi connectivity index (χ4v) is 5.03. The number of hydrogen-bond acceptors (Lipinski definition) is 4. The van der Waals surface area contributed by atoms with E-state index in [4.69, 9.17) is 4.18 Å². The fourth-order valence-electron chi connectivity index (χ4n) is 4.10. The minimum atomic E-state index is -4.12. The van der Waals surface area contributed by atoms with Crippen molar-refractivity contribution in [3.8, 4) is 5.75 Å². The molecule has 0 bridgehead atoms. The number of hydrogen-bond donors (Lipinski definition) is 0. The molecule has 0 saturated heterocycles. The molecule has 1 amide bonds. The normalized spacial score (nSPS) is 11.5. The van der Waals surface area contributed by atoms with Crippen molar-refractivity contribution in [1.29, 1.82) is 0 Å². The Morgan fingerprint density at radius 2 is 1.62 bits per heavy atom. The number of amides is 1. The highest BCUT2D eigenvalue weighted by Gasteiger charge is 2.20. The van der Waals surface area contributed by atoms with Crippen LogP contribution in [-0.4, -0.2) is 25.8 Å². The van der Waals surface area contributed by atoms with Gasteiger partial charge in [-0.05, 0) is 78.4 Å². The number of benzene rings is 3. The number of unbranched alkanes of at least 4 members (excludes halogenated alkanes) is 3. The maximum absolute atomic E-state index is 13.4. The summed E-state index contributed by atoms with van der Waals surface area (Å²) in [5.41, 5.74) is 2.60. The third kappa shape index (κ3) is 8.71. The van der Waals surface area contributed by atoms with Gasteiger partial charge in [0.1, 0.15) is 16.5 Å². The molecule has 5 nitrogen and oxygen atoms in total. The third-order valence-electron chi connectivity index (χ3n) is 5.97. The van der Waals surface area contributed by atoms with Gasteiger partial charge in [-0.1, -0.05) is 64.3 Å². The molecular formula is C30H36FNO4S. The number of carbonyl (C=O) groups excluding carboxylic acids is 1. The lowest BCUT2D eigenvalue weighted by Crippen LogP contribution is -2.33. The lowest BCUT2D eigenvalue weighted by molar-refractivity contribution is 0.0722. The summed E-state index contributed by atoms with van der Waals surface area (Å²) in [6, 6.07) is 19.0. The summed E-state index contributed by atoms with van der Waals surface area (Å²) >= 11 is 0. The van der Waals surface area contributed by atoms with Crippen LogP contribution in [0.5, 0.6) is 5.75 Å². The second-order valence-corrected chi connectivity index (χ2v) is 11.3. The molecule has 7 heteroatoms. The molecular weight excluding hydrogens is 489 g/mol. The molecule has 0 aliphatic rings. The van der Waals surface area contributed by atoms with E-state index in [0.29, 0.717) is 18.7 Å². The Hall–Kier alpha value is -3.19. The molecule has 0 aromatic heterocycles. The number of nitrogens with zero attached hydrogens (tertiary/aromatic N) is 1.